The minimum atomic E-state index is -0.482. The molecule has 0 saturated carbocycles. The molecule has 1 aromatic carbocycles. The number of benzene rings is 1. The summed E-state index contributed by atoms with van der Waals surface area (Å²) in [6, 6.07) is 8.72. The van der Waals surface area contributed by atoms with Crippen molar-refractivity contribution in [2.45, 2.75) is 52.6 Å². The molecular formula is C22H26N4O4S. The van der Waals surface area contributed by atoms with Crippen LogP contribution < -0.4 is 10.9 Å². The molecule has 0 unspecified atom stereocenters. The fourth-order valence-electron chi connectivity index (χ4n) is 2.84. The number of aryl methyl sites for hydroxylation is 1. The smallest absolute Gasteiger partial charge is 0.307 e. The zero-order valence-corrected chi connectivity index (χ0v) is 18.9. The van der Waals surface area contributed by atoms with E-state index in [1.165, 1.54) is 21.9 Å². The molecule has 0 atom stereocenters. The van der Waals surface area contributed by atoms with Gasteiger partial charge in [0.1, 0.15) is 11.6 Å². The third-order valence-electron chi connectivity index (χ3n) is 4.65. The number of aromatic nitrogens is 3. The molecule has 0 spiro atoms. The Bertz CT molecular complexity index is 1140. The monoisotopic (exact) mass is 442 g/mol. The van der Waals surface area contributed by atoms with Crippen LogP contribution in [0.4, 0.5) is 0 Å². The standard InChI is InChI=1S/C22H26N4O4S/c1-5-17-25-26-18(27)12-16(24-21(26)31-17)13-30-19(28)10-11-23-20(29)14-6-8-15(9-7-14)22(2,3)4/h6-9,12H,5,10-11,13H2,1-4H3,(H,23,29). The highest BCUT2D eigenvalue weighted by atomic mass is 32.1. The Morgan fingerprint density at radius 1 is 1.19 bits per heavy atom. The van der Waals surface area contributed by atoms with Crippen molar-refractivity contribution in [3.05, 3.63) is 62.5 Å². The van der Waals surface area contributed by atoms with E-state index in [4.69, 9.17) is 4.74 Å². The number of esters is 1. The maximum absolute atomic E-state index is 12.2. The van der Waals surface area contributed by atoms with Crippen LogP contribution >= 0.6 is 11.3 Å². The number of amides is 1. The van der Waals surface area contributed by atoms with Crippen LogP contribution in [0.1, 0.15) is 60.7 Å². The molecule has 0 radical (unpaired) electrons. The lowest BCUT2D eigenvalue weighted by atomic mass is 9.87. The van der Waals surface area contributed by atoms with Gasteiger partial charge in [-0.15, -0.1) is 0 Å². The van der Waals surface area contributed by atoms with Gasteiger partial charge in [0, 0.05) is 18.2 Å². The first-order valence-corrected chi connectivity index (χ1v) is 10.9. The number of nitrogens with zero attached hydrogens (tertiary/aromatic N) is 3. The normalized spacial score (nSPS) is 11.5. The Morgan fingerprint density at radius 2 is 1.90 bits per heavy atom. The van der Waals surface area contributed by atoms with E-state index in [0.717, 1.165) is 10.6 Å². The van der Waals surface area contributed by atoms with E-state index in [2.05, 4.69) is 36.2 Å². The Kier molecular flexibility index (Phi) is 6.84. The van der Waals surface area contributed by atoms with Crippen molar-refractivity contribution in [3.8, 4) is 0 Å². The maximum atomic E-state index is 12.2. The van der Waals surface area contributed by atoms with Crippen LogP contribution in [0.2, 0.25) is 0 Å². The third-order valence-corrected chi connectivity index (χ3v) is 5.70. The van der Waals surface area contributed by atoms with Gasteiger partial charge in [-0.2, -0.15) is 9.61 Å². The van der Waals surface area contributed by atoms with Crippen molar-refractivity contribution >= 4 is 28.2 Å². The summed E-state index contributed by atoms with van der Waals surface area (Å²) in [7, 11) is 0. The van der Waals surface area contributed by atoms with Crippen LogP contribution in [-0.2, 0) is 28.0 Å². The van der Waals surface area contributed by atoms with Crippen LogP contribution in [0.25, 0.3) is 4.96 Å². The fraction of sp³-hybridized carbons (Fsp3) is 0.409. The van der Waals surface area contributed by atoms with E-state index in [1.807, 2.05) is 19.1 Å². The third kappa shape index (κ3) is 5.75. The van der Waals surface area contributed by atoms with E-state index < -0.39 is 5.97 Å². The summed E-state index contributed by atoms with van der Waals surface area (Å²) in [5.41, 5.74) is 1.75. The van der Waals surface area contributed by atoms with Gasteiger partial charge in [-0.3, -0.25) is 14.4 Å². The van der Waals surface area contributed by atoms with Crippen molar-refractivity contribution in [3.63, 3.8) is 0 Å². The van der Waals surface area contributed by atoms with E-state index in [0.29, 0.717) is 22.6 Å². The van der Waals surface area contributed by atoms with Gasteiger partial charge < -0.3 is 10.1 Å². The van der Waals surface area contributed by atoms with E-state index >= 15 is 0 Å². The molecule has 0 aliphatic heterocycles. The molecule has 2 heterocycles. The summed E-state index contributed by atoms with van der Waals surface area (Å²) in [4.78, 5) is 41.1. The summed E-state index contributed by atoms with van der Waals surface area (Å²) in [6.45, 7) is 8.33. The highest BCUT2D eigenvalue weighted by Crippen LogP contribution is 2.22. The van der Waals surface area contributed by atoms with E-state index in [9.17, 15) is 14.4 Å². The molecule has 1 N–H and O–H groups in total. The Hall–Kier alpha value is -3.07. The molecule has 2 aromatic heterocycles. The highest BCUT2D eigenvalue weighted by molar-refractivity contribution is 7.16. The first-order valence-electron chi connectivity index (χ1n) is 10.1. The summed E-state index contributed by atoms with van der Waals surface area (Å²) < 4.78 is 6.44. The molecule has 0 bridgehead atoms. The van der Waals surface area contributed by atoms with Crippen LogP contribution in [0.3, 0.4) is 0 Å². The summed E-state index contributed by atoms with van der Waals surface area (Å²) >= 11 is 1.33. The average molecular weight is 443 g/mol. The van der Waals surface area contributed by atoms with Gasteiger partial charge in [0.05, 0.1) is 12.1 Å². The van der Waals surface area contributed by atoms with Crippen molar-refractivity contribution in [2.75, 3.05) is 6.54 Å². The molecule has 0 aliphatic rings. The Balaban J connectivity index is 1.48. The number of hydrogen-bond acceptors (Lipinski definition) is 7. The van der Waals surface area contributed by atoms with Gasteiger partial charge in [-0.25, -0.2) is 4.98 Å². The lowest BCUT2D eigenvalue weighted by molar-refractivity contribution is -0.144. The minimum Gasteiger partial charge on any atom is -0.459 e. The van der Waals surface area contributed by atoms with E-state index in [1.54, 1.807) is 12.1 Å². The van der Waals surface area contributed by atoms with E-state index in [-0.39, 0.29) is 36.5 Å². The molecule has 9 heteroatoms. The number of ether oxygens (including phenoxy) is 1. The number of hydrogen-bond donors (Lipinski definition) is 1. The predicted octanol–water partition coefficient (Wildman–Crippen LogP) is 2.87. The second-order valence-corrected chi connectivity index (χ2v) is 9.16. The topological polar surface area (TPSA) is 103 Å². The molecule has 3 rings (SSSR count). The zero-order valence-electron chi connectivity index (χ0n) is 18.1. The number of carbonyl (C=O) groups excluding carboxylic acids is 2. The zero-order chi connectivity index (χ0) is 22.6. The minimum absolute atomic E-state index is 0.0159. The number of fused-ring (bicyclic) bond motifs is 1. The first-order chi connectivity index (χ1) is 14.7. The lowest BCUT2D eigenvalue weighted by Gasteiger charge is -2.19. The van der Waals surface area contributed by atoms with Gasteiger partial charge in [0.15, 0.2) is 0 Å². The summed E-state index contributed by atoms with van der Waals surface area (Å²) in [5.74, 6) is -0.728. The number of carbonyl (C=O) groups is 2. The largest absolute Gasteiger partial charge is 0.459 e. The van der Waals surface area contributed by atoms with Crippen molar-refractivity contribution < 1.29 is 14.3 Å². The summed E-state index contributed by atoms with van der Waals surface area (Å²) in [6.07, 6.45) is 0.734. The SMILES string of the molecule is CCc1nn2c(=O)cc(COC(=O)CCNC(=O)c3ccc(C(C)(C)C)cc3)nc2s1. The van der Waals surface area contributed by atoms with Crippen LogP contribution in [-0.4, -0.2) is 33.0 Å². The van der Waals surface area contributed by atoms with Crippen molar-refractivity contribution in [2.24, 2.45) is 0 Å². The predicted molar refractivity (Wildman–Crippen MR) is 118 cm³/mol. The van der Waals surface area contributed by atoms with Crippen LogP contribution in [0, 0.1) is 0 Å². The molecule has 0 fully saturated rings. The Labute approximate surface area is 184 Å². The first kappa shape index (κ1) is 22.6. The van der Waals surface area contributed by atoms with Gasteiger partial charge in [-0.05, 0) is 29.5 Å². The van der Waals surface area contributed by atoms with Crippen molar-refractivity contribution in [1.29, 1.82) is 0 Å². The van der Waals surface area contributed by atoms with Gasteiger partial charge >= 0.3 is 5.97 Å². The van der Waals surface area contributed by atoms with Gasteiger partial charge in [0.25, 0.3) is 11.5 Å². The second kappa shape index (κ2) is 9.38. The average Bonchev–Trinajstić information content (AvgIpc) is 3.15. The second-order valence-electron chi connectivity index (χ2n) is 8.12. The van der Waals surface area contributed by atoms with Gasteiger partial charge in [-0.1, -0.05) is 51.2 Å². The number of rotatable bonds is 7. The molecule has 1 amide bonds. The molecule has 3 aromatic rings. The fourth-order valence-corrected chi connectivity index (χ4v) is 3.70. The summed E-state index contributed by atoms with van der Waals surface area (Å²) in [5, 5.41) is 7.70. The molecule has 0 saturated heterocycles. The molecule has 31 heavy (non-hydrogen) atoms. The maximum Gasteiger partial charge on any atom is 0.307 e. The van der Waals surface area contributed by atoms with Crippen molar-refractivity contribution in [1.82, 2.24) is 19.9 Å². The van der Waals surface area contributed by atoms with Crippen LogP contribution in [0.5, 0.6) is 0 Å². The van der Waals surface area contributed by atoms with Gasteiger partial charge in [0.2, 0.25) is 4.96 Å². The Morgan fingerprint density at radius 3 is 2.55 bits per heavy atom. The highest BCUT2D eigenvalue weighted by Gasteiger charge is 2.15. The number of nitrogens with one attached hydrogen (secondary N) is 1. The lowest BCUT2D eigenvalue weighted by Crippen LogP contribution is -2.26. The quantitative estimate of drug-likeness (QED) is 0.565. The molecule has 164 valence electrons. The molecule has 0 aliphatic carbocycles. The molecular weight excluding hydrogens is 416 g/mol. The molecule has 8 nitrogen and oxygen atoms in total. The van der Waals surface area contributed by atoms with Crippen LogP contribution in [0.15, 0.2) is 35.1 Å².